The molecule has 2 aromatic rings. The summed E-state index contributed by atoms with van der Waals surface area (Å²) < 4.78 is 12.8. The van der Waals surface area contributed by atoms with E-state index in [4.69, 9.17) is 5.11 Å². The van der Waals surface area contributed by atoms with Gasteiger partial charge in [0.2, 0.25) is 5.91 Å². The Morgan fingerprint density at radius 2 is 1.70 bits per heavy atom. The molecule has 5 nitrogen and oxygen atoms in total. The summed E-state index contributed by atoms with van der Waals surface area (Å²) in [5.41, 5.74) is 2.58. The van der Waals surface area contributed by atoms with Gasteiger partial charge in [-0.15, -0.1) is 0 Å². The van der Waals surface area contributed by atoms with Gasteiger partial charge in [0.05, 0.1) is 17.1 Å². The number of hydrogen-bond acceptors (Lipinski definition) is 3. The number of rotatable bonds is 7. The molecule has 2 aliphatic rings. The average molecular weight is 410 g/mol. The van der Waals surface area contributed by atoms with Crippen molar-refractivity contribution in [2.45, 2.75) is 56.9 Å². The molecule has 1 amide bonds. The van der Waals surface area contributed by atoms with Gasteiger partial charge in [0, 0.05) is 6.54 Å². The molecule has 0 aromatic heterocycles. The van der Waals surface area contributed by atoms with Gasteiger partial charge in [-0.1, -0.05) is 42.8 Å². The van der Waals surface area contributed by atoms with Crippen LogP contribution in [0.4, 0.5) is 4.39 Å². The summed E-state index contributed by atoms with van der Waals surface area (Å²) in [7, 11) is 0. The van der Waals surface area contributed by atoms with E-state index in [0.717, 1.165) is 49.8 Å². The molecule has 1 atom stereocenters. The molecule has 158 valence electrons. The van der Waals surface area contributed by atoms with E-state index in [0.29, 0.717) is 12.1 Å². The molecule has 6 heteroatoms. The van der Waals surface area contributed by atoms with Gasteiger partial charge in [0.25, 0.3) is 0 Å². The van der Waals surface area contributed by atoms with Crippen LogP contribution in [0.25, 0.3) is 0 Å². The van der Waals surface area contributed by atoms with E-state index in [9.17, 15) is 14.0 Å². The molecule has 2 aromatic carbocycles. The standard InChI is InChI=1S/C24H27FN2O3/c25-15-17-4-6-18(7-5-17)16-27-14-2-1-3-21(27)22(28)26-24(12-13-24)20-10-8-19(9-11-20)23(29)30/h4-11,21H,1-3,12-16H2,(H,26,28)(H,29,30)/t21-/m1/s1. The Hall–Kier alpha value is -2.73. The number of carboxylic acids is 1. The van der Waals surface area contributed by atoms with Crippen molar-refractivity contribution in [1.29, 1.82) is 0 Å². The maximum Gasteiger partial charge on any atom is 0.335 e. The highest BCUT2D eigenvalue weighted by molar-refractivity contribution is 5.87. The number of carboxylic acid groups (broad SMARTS) is 1. The first-order valence-corrected chi connectivity index (χ1v) is 10.5. The third-order valence-electron chi connectivity index (χ3n) is 6.28. The minimum Gasteiger partial charge on any atom is -0.478 e. The smallest absolute Gasteiger partial charge is 0.335 e. The molecule has 1 heterocycles. The first kappa shape index (κ1) is 20.5. The van der Waals surface area contributed by atoms with Gasteiger partial charge in [0.15, 0.2) is 0 Å². The van der Waals surface area contributed by atoms with Gasteiger partial charge < -0.3 is 10.4 Å². The zero-order valence-electron chi connectivity index (χ0n) is 16.9. The lowest BCUT2D eigenvalue weighted by Crippen LogP contribution is -2.51. The Balaban J connectivity index is 1.44. The fourth-order valence-corrected chi connectivity index (χ4v) is 4.31. The Kier molecular flexibility index (Phi) is 5.86. The third-order valence-corrected chi connectivity index (χ3v) is 6.28. The highest BCUT2D eigenvalue weighted by atomic mass is 19.1. The summed E-state index contributed by atoms with van der Waals surface area (Å²) in [5.74, 6) is -0.914. The minimum absolute atomic E-state index is 0.0369. The minimum atomic E-state index is -0.951. The Morgan fingerprint density at radius 1 is 1.03 bits per heavy atom. The van der Waals surface area contributed by atoms with E-state index < -0.39 is 12.6 Å². The molecule has 0 spiro atoms. The fraction of sp³-hybridized carbons (Fsp3) is 0.417. The number of halogens is 1. The van der Waals surface area contributed by atoms with Crippen LogP contribution in [0.2, 0.25) is 0 Å². The van der Waals surface area contributed by atoms with Gasteiger partial charge in [-0.05, 0) is 61.1 Å². The SMILES string of the molecule is O=C(O)c1ccc(C2(NC(=O)[C@H]3CCCCN3Cc3ccc(CF)cc3)CC2)cc1. The maximum atomic E-state index is 13.2. The van der Waals surface area contributed by atoms with Crippen LogP contribution in [0.1, 0.15) is 59.2 Å². The lowest BCUT2D eigenvalue weighted by molar-refractivity contribution is -0.129. The molecule has 1 saturated carbocycles. The lowest BCUT2D eigenvalue weighted by Gasteiger charge is -2.36. The molecule has 2 fully saturated rings. The van der Waals surface area contributed by atoms with Gasteiger partial charge >= 0.3 is 5.97 Å². The molecule has 0 radical (unpaired) electrons. The molecule has 2 N–H and O–H groups in total. The van der Waals surface area contributed by atoms with E-state index in [2.05, 4.69) is 10.2 Å². The second-order valence-corrected chi connectivity index (χ2v) is 8.39. The number of carbonyl (C=O) groups excluding carboxylic acids is 1. The van der Waals surface area contributed by atoms with Crippen LogP contribution in [0.5, 0.6) is 0 Å². The number of amides is 1. The van der Waals surface area contributed by atoms with Crippen molar-refractivity contribution in [2.24, 2.45) is 0 Å². The second-order valence-electron chi connectivity index (χ2n) is 8.39. The molecule has 1 saturated heterocycles. The first-order chi connectivity index (χ1) is 14.5. The predicted octanol–water partition coefficient (Wildman–Crippen LogP) is 4.01. The van der Waals surface area contributed by atoms with Gasteiger partial charge in [0.1, 0.15) is 6.67 Å². The highest BCUT2D eigenvalue weighted by Gasteiger charge is 2.47. The number of benzene rings is 2. The number of nitrogens with zero attached hydrogens (tertiary/aromatic N) is 1. The van der Waals surface area contributed by atoms with Crippen molar-refractivity contribution in [3.63, 3.8) is 0 Å². The summed E-state index contributed by atoms with van der Waals surface area (Å²) >= 11 is 0. The molecule has 0 unspecified atom stereocenters. The van der Waals surface area contributed by atoms with Crippen molar-refractivity contribution in [3.8, 4) is 0 Å². The molecule has 30 heavy (non-hydrogen) atoms. The Bertz CT molecular complexity index is 907. The van der Waals surface area contributed by atoms with Gasteiger partial charge in [-0.2, -0.15) is 0 Å². The normalized spacial score (nSPS) is 20.5. The molecule has 1 aliphatic carbocycles. The Labute approximate surface area is 175 Å². The largest absolute Gasteiger partial charge is 0.478 e. The first-order valence-electron chi connectivity index (χ1n) is 10.5. The number of likely N-dealkylation sites (tertiary alicyclic amines) is 1. The summed E-state index contributed by atoms with van der Waals surface area (Å²) in [5, 5.41) is 12.4. The van der Waals surface area contributed by atoms with Gasteiger partial charge in [-0.25, -0.2) is 9.18 Å². The highest BCUT2D eigenvalue weighted by Crippen LogP contribution is 2.45. The molecule has 0 bridgehead atoms. The molecular formula is C24H27FN2O3. The monoisotopic (exact) mass is 410 g/mol. The summed E-state index contributed by atoms with van der Waals surface area (Å²) in [4.78, 5) is 26.5. The average Bonchev–Trinajstić information content (AvgIpc) is 3.55. The topological polar surface area (TPSA) is 69.6 Å². The van der Waals surface area contributed by atoms with Crippen LogP contribution in [-0.4, -0.2) is 34.5 Å². The van der Waals surface area contributed by atoms with E-state index in [1.165, 1.54) is 0 Å². The third kappa shape index (κ3) is 4.38. The van der Waals surface area contributed by atoms with E-state index >= 15 is 0 Å². The lowest BCUT2D eigenvalue weighted by atomic mass is 9.98. The number of nitrogens with one attached hydrogen (secondary N) is 1. The van der Waals surface area contributed by atoms with E-state index in [-0.39, 0.29) is 23.1 Å². The molecule has 1 aliphatic heterocycles. The number of hydrogen-bond donors (Lipinski definition) is 2. The summed E-state index contributed by atoms with van der Waals surface area (Å²) in [6.07, 6.45) is 4.64. The van der Waals surface area contributed by atoms with Gasteiger partial charge in [-0.3, -0.25) is 9.69 Å². The number of alkyl halides is 1. The number of aromatic carboxylic acids is 1. The van der Waals surface area contributed by atoms with Crippen LogP contribution in [0, 0.1) is 0 Å². The van der Waals surface area contributed by atoms with Crippen molar-refractivity contribution in [1.82, 2.24) is 10.2 Å². The molecular weight excluding hydrogens is 383 g/mol. The number of carbonyl (C=O) groups is 2. The van der Waals surface area contributed by atoms with Crippen LogP contribution in [0.3, 0.4) is 0 Å². The van der Waals surface area contributed by atoms with Crippen molar-refractivity contribution >= 4 is 11.9 Å². The van der Waals surface area contributed by atoms with Crippen LogP contribution in [0.15, 0.2) is 48.5 Å². The second kappa shape index (κ2) is 8.56. The predicted molar refractivity (Wildman–Crippen MR) is 112 cm³/mol. The van der Waals surface area contributed by atoms with E-state index in [1.54, 1.807) is 24.3 Å². The molecule has 4 rings (SSSR count). The fourth-order valence-electron chi connectivity index (χ4n) is 4.31. The quantitative estimate of drug-likeness (QED) is 0.724. The summed E-state index contributed by atoms with van der Waals surface area (Å²) in [6, 6.07) is 14.1. The van der Waals surface area contributed by atoms with E-state index in [1.807, 2.05) is 24.3 Å². The van der Waals surface area contributed by atoms with Crippen LogP contribution < -0.4 is 5.32 Å². The van der Waals surface area contributed by atoms with Crippen LogP contribution >= 0.6 is 0 Å². The Morgan fingerprint density at radius 3 is 2.30 bits per heavy atom. The van der Waals surface area contributed by atoms with Crippen molar-refractivity contribution < 1.29 is 19.1 Å². The summed E-state index contributed by atoms with van der Waals surface area (Å²) in [6.45, 7) is 1.07. The zero-order chi connectivity index (χ0) is 21.1. The van der Waals surface area contributed by atoms with Crippen molar-refractivity contribution in [3.05, 3.63) is 70.8 Å². The van der Waals surface area contributed by atoms with Crippen molar-refractivity contribution in [2.75, 3.05) is 6.54 Å². The number of piperidine rings is 1. The maximum absolute atomic E-state index is 13.2. The zero-order valence-corrected chi connectivity index (χ0v) is 16.9. The van der Waals surface area contributed by atoms with Crippen LogP contribution in [-0.2, 0) is 23.6 Å².